The maximum absolute atomic E-state index is 12.9. The smallest absolute Gasteiger partial charge is 0.355 e. The summed E-state index contributed by atoms with van der Waals surface area (Å²) in [6.45, 7) is 0. The topological polar surface area (TPSA) is 83.6 Å². The standard InChI is InChI=1S/C22H18F3NO4/c23-22(24,25)21(27,28)19-8-4-7-16(14-19)17-11-12-20(26(29)30)18(13-17)10-9-15-5-2-1-3-6-15/h1-8,11-14,27-28H,9-10H2. The van der Waals surface area contributed by atoms with Crippen molar-refractivity contribution in [3.05, 3.63) is 99.6 Å². The third-order valence-corrected chi connectivity index (χ3v) is 4.80. The van der Waals surface area contributed by atoms with E-state index in [1.54, 1.807) is 6.07 Å². The van der Waals surface area contributed by atoms with Crippen LogP contribution in [0.5, 0.6) is 0 Å². The fourth-order valence-corrected chi connectivity index (χ4v) is 3.15. The number of benzene rings is 3. The maximum atomic E-state index is 12.9. The second-order valence-electron chi connectivity index (χ2n) is 6.84. The van der Waals surface area contributed by atoms with Gasteiger partial charge in [-0.05, 0) is 47.7 Å². The largest absolute Gasteiger partial charge is 0.447 e. The zero-order valence-electron chi connectivity index (χ0n) is 15.6. The molecule has 0 saturated carbocycles. The number of aliphatic hydroxyl groups is 2. The highest BCUT2D eigenvalue weighted by atomic mass is 19.4. The fraction of sp³-hybridized carbons (Fsp3) is 0.182. The summed E-state index contributed by atoms with van der Waals surface area (Å²) in [5, 5.41) is 30.4. The van der Waals surface area contributed by atoms with Gasteiger partial charge in [0.15, 0.2) is 0 Å². The molecule has 0 aromatic heterocycles. The Morgan fingerprint density at radius 1 is 0.833 bits per heavy atom. The lowest BCUT2D eigenvalue weighted by Gasteiger charge is -2.25. The highest BCUT2D eigenvalue weighted by Gasteiger charge is 2.54. The third kappa shape index (κ3) is 4.50. The van der Waals surface area contributed by atoms with Crippen LogP contribution in [0.25, 0.3) is 11.1 Å². The van der Waals surface area contributed by atoms with Crippen molar-refractivity contribution < 1.29 is 28.3 Å². The van der Waals surface area contributed by atoms with Gasteiger partial charge < -0.3 is 10.2 Å². The van der Waals surface area contributed by atoms with Crippen LogP contribution in [-0.4, -0.2) is 21.3 Å². The molecule has 8 heteroatoms. The first kappa shape index (κ1) is 21.5. The Balaban J connectivity index is 1.97. The molecule has 0 aliphatic heterocycles. The van der Waals surface area contributed by atoms with Crippen LogP contribution in [0.4, 0.5) is 18.9 Å². The van der Waals surface area contributed by atoms with Crippen molar-refractivity contribution in [3.63, 3.8) is 0 Å². The van der Waals surface area contributed by atoms with E-state index in [4.69, 9.17) is 0 Å². The number of nitro benzene ring substituents is 1. The predicted molar refractivity (Wildman–Crippen MR) is 105 cm³/mol. The molecule has 0 saturated heterocycles. The highest BCUT2D eigenvalue weighted by Crippen LogP contribution is 2.38. The van der Waals surface area contributed by atoms with Gasteiger partial charge in [0.1, 0.15) is 0 Å². The minimum absolute atomic E-state index is 0.0835. The molecule has 0 aliphatic rings. The number of hydrogen-bond donors (Lipinski definition) is 2. The van der Waals surface area contributed by atoms with Crippen LogP contribution in [0.15, 0.2) is 72.8 Å². The van der Waals surface area contributed by atoms with Crippen molar-refractivity contribution in [1.29, 1.82) is 0 Å². The van der Waals surface area contributed by atoms with Crippen LogP contribution in [0, 0.1) is 10.1 Å². The molecule has 5 nitrogen and oxygen atoms in total. The second-order valence-corrected chi connectivity index (χ2v) is 6.84. The summed E-state index contributed by atoms with van der Waals surface area (Å²) >= 11 is 0. The molecule has 0 amide bonds. The molecule has 3 aromatic rings. The van der Waals surface area contributed by atoms with E-state index in [0.717, 1.165) is 17.7 Å². The van der Waals surface area contributed by atoms with Crippen molar-refractivity contribution in [2.45, 2.75) is 24.8 Å². The van der Waals surface area contributed by atoms with Crippen LogP contribution in [-0.2, 0) is 18.6 Å². The summed E-state index contributed by atoms with van der Waals surface area (Å²) in [7, 11) is 0. The van der Waals surface area contributed by atoms with Crippen molar-refractivity contribution in [2.24, 2.45) is 0 Å². The van der Waals surface area contributed by atoms with Gasteiger partial charge >= 0.3 is 6.18 Å². The van der Waals surface area contributed by atoms with Crippen LogP contribution in [0.3, 0.4) is 0 Å². The van der Waals surface area contributed by atoms with Gasteiger partial charge in [0.05, 0.1) is 4.92 Å². The van der Waals surface area contributed by atoms with E-state index in [1.165, 1.54) is 24.3 Å². The maximum Gasteiger partial charge on any atom is 0.447 e. The average Bonchev–Trinajstić information content (AvgIpc) is 2.72. The third-order valence-electron chi connectivity index (χ3n) is 4.80. The lowest BCUT2D eigenvalue weighted by atomic mass is 9.95. The normalized spacial score (nSPS) is 12.0. The molecule has 0 unspecified atom stereocenters. The summed E-state index contributed by atoms with van der Waals surface area (Å²) in [4.78, 5) is 10.9. The highest BCUT2D eigenvalue weighted by molar-refractivity contribution is 5.67. The van der Waals surface area contributed by atoms with Crippen LogP contribution in [0.1, 0.15) is 16.7 Å². The summed E-state index contributed by atoms with van der Waals surface area (Å²) in [5.74, 6) is -4.00. The molecule has 0 aliphatic carbocycles. The Hall–Kier alpha value is -3.23. The number of rotatable bonds is 6. The van der Waals surface area contributed by atoms with Crippen LogP contribution in [0.2, 0.25) is 0 Å². The number of nitrogens with zero attached hydrogens (tertiary/aromatic N) is 1. The molecule has 0 fully saturated rings. The lowest BCUT2D eigenvalue weighted by molar-refractivity contribution is -0.385. The molecule has 0 radical (unpaired) electrons. The van der Waals surface area contributed by atoms with E-state index >= 15 is 0 Å². The van der Waals surface area contributed by atoms with Gasteiger partial charge in [-0.3, -0.25) is 10.1 Å². The van der Waals surface area contributed by atoms with Gasteiger partial charge in [-0.25, -0.2) is 0 Å². The molecule has 0 bridgehead atoms. The van der Waals surface area contributed by atoms with Crippen molar-refractivity contribution in [1.82, 2.24) is 0 Å². The SMILES string of the molecule is O=[N+]([O-])c1ccc(-c2cccc(C(O)(O)C(F)(F)F)c2)cc1CCc1ccccc1. The summed E-state index contributed by atoms with van der Waals surface area (Å²) < 4.78 is 38.8. The van der Waals surface area contributed by atoms with E-state index in [1.807, 2.05) is 30.3 Å². The van der Waals surface area contributed by atoms with E-state index < -0.39 is 22.5 Å². The summed E-state index contributed by atoms with van der Waals surface area (Å²) in [6.07, 6.45) is -4.36. The summed E-state index contributed by atoms with van der Waals surface area (Å²) in [6, 6.07) is 18.4. The first-order valence-electron chi connectivity index (χ1n) is 9.03. The van der Waals surface area contributed by atoms with E-state index in [2.05, 4.69) is 0 Å². The Bertz CT molecular complexity index is 1050. The number of aryl methyl sites for hydroxylation is 2. The number of alkyl halides is 3. The van der Waals surface area contributed by atoms with Crippen LogP contribution >= 0.6 is 0 Å². The van der Waals surface area contributed by atoms with Crippen molar-refractivity contribution in [2.75, 3.05) is 0 Å². The molecule has 30 heavy (non-hydrogen) atoms. The monoisotopic (exact) mass is 417 g/mol. The molecule has 2 N–H and O–H groups in total. The minimum Gasteiger partial charge on any atom is -0.355 e. The molecular weight excluding hydrogens is 399 g/mol. The molecule has 156 valence electrons. The minimum atomic E-state index is -5.28. The molecule has 0 heterocycles. The molecule has 3 aromatic carbocycles. The lowest BCUT2D eigenvalue weighted by Crippen LogP contribution is -2.42. The molecule has 0 atom stereocenters. The van der Waals surface area contributed by atoms with Gasteiger partial charge in [-0.15, -0.1) is 0 Å². The van der Waals surface area contributed by atoms with Gasteiger partial charge in [-0.2, -0.15) is 13.2 Å². The fourth-order valence-electron chi connectivity index (χ4n) is 3.15. The van der Waals surface area contributed by atoms with E-state index in [0.29, 0.717) is 24.0 Å². The van der Waals surface area contributed by atoms with Crippen molar-refractivity contribution >= 4 is 5.69 Å². The van der Waals surface area contributed by atoms with Gasteiger partial charge in [0.25, 0.3) is 11.5 Å². The Morgan fingerprint density at radius 3 is 2.13 bits per heavy atom. The Kier molecular flexibility index (Phi) is 5.91. The van der Waals surface area contributed by atoms with Gasteiger partial charge in [0.2, 0.25) is 0 Å². The predicted octanol–water partition coefficient (Wildman–Crippen LogP) is 4.75. The first-order chi connectivity index (χ1) is 14.1. The molecule has 3 rings (SSSR count). The number of hydrogen-bond acceptors (Lipinski definition) is 4. The second kappa shape index (κ2) is 8.25. The van der Waals surface area contributed by atoms with Gasteiger partial charge in [0, 0.05) is 17.2 Å². The van der Waals surface area contributed by atoms with E-state index in [9.17, 15) is 33.5 Å². The number of halogens is 3. The first-order valence-corrected chi connectivity index (χ1v) is 9.03. The molecule has 0 spiro atoms. The summed E-state index contributed by atoms with van der Waals surface area (Å²) in [5.41, 5.74) is 1.32. The van der Waals surface area contributed by atoms with E-state index in [-0.39, 0.29) is 11.3 Å². The van der Waals surface area contributed by atoms with Crippen LogP contribution < -0.4 is 0 Å². The average molecular weight is 417 g/mol. The zero-order valence-corrected chi connectivity index (χ0v) is 15.6. The van der Waals surface area contributed by atoms with Gasteiger partial charge in [-0.1, -0.05) is 48.5 Å². The van der Waals surface area contributed by atoms with Crippen molar-refractivity contribution in [3.8, 4) is 11.1 Å². The Labute approximate surface area is 170 Å². The zero-order chi connectivity index (χ0) is 21.9. The Morgan fingerprint density at radius 2 is 1.50 bits per heavy atom. The molecular formula is C22H18F3NO4. The number of nitro groups is 1. The quantitative estimate of drug-likeness (QED) is 0.345.